The Morgan fingerprint density at radius 2 is 2.20 bits per heavy atom. The van der Waals surface area contributed by atoms with Crippen LogP contribution in [0.2, 0.25) is 5.02 Å². The maximum absolute atomic E-state index is 12.6. The fraction of sp³-hybridized carbons (Fsp3) is 0.417. The summed E-state index contributed by atoms with van der Waals surface area (Å²) in [5, 5.41) is 12.5. The van der Waals surface area contributed by atoms with E-state index in [-0.39, 0.29) is 10.8 Å². The molecule has 1 unspecified atom stereocenters. The molecule has 110 valence electrons. The number of hydrogen-bond acceptors (Lipinski definition) is 4. The Morgan fingerprint density at radius 1 is 1.50 bits per heavy atom. The van der Waals surface area contributed by atoms with Crippen molar-refractivity contribution in [1.29, 1.82) is 0 Å². The number of halogens is 2. The monoisotopic (exact) mass is 380 g/mol. The van der Waals surface area contributed by atoms with Crippen molar-refractivity contribution in [3.8, 4) is 0 Å². The SMILES string of the molecule is CC1CN(S(=O)(=O)c2ccc(Cl)c(Br)c2)CC/C1=N\O. The van der Waals surface area contributed by atoms with Gasteiger partial charge in [-0.25, -0.2) is 8.42 Å². The first-order valence-corrected chi connectivity index (χ1v) is 8.63. The van der Waals surface area contributed by atoms with Crippen molar-refractivity contribution in [3.63, 3.8) is 0 Å². The Hall–Kier alpha value is -0.630. The minimum Gasteiger partial charge on any atom is -0.411 e. The summed E-state index contributed by atoms with van der Waals surface area (Å²) in [6, 6.07) is 4.53. The van der Waals surface area contributed by atoms with E-state index in [9.17, 15) is 8.42 Å². The van der Waals surface area contributed by atoms with Crippen molar-refractivity contribution in [2.24, 2.45) is 11.1 Å². The van der Waals surface area contributed by atoms with Gasteiger partial charge in [0.25, 0.3) is 0 Å². The summed E-state index contributed by atoms with van der Waals surface area (Å²) in [5.74, 6) is -0.0979. The van der Waals surface area contributed by atoms with Crippen LogP contribution in [0.1, 0.15) is 13.3 Å². The van der Waals surface area contributed by atoms with Gasteiger partial charge in [0.1, 0.15) is 0 Å². The van der Waals surface area contributed by atoms with E-state index in [0.29, 0.717) is 34.7 Å². The van der Waals surface area contributed by atoms with Crippen LogP contribution in [0.5, 0.6) is 0 Å². The molecule has 0 amide bonds. The lowest BCUT2D eigenvalue weighted by Crippen LogP contribution is -2.43. The molecule has 0 spiro atoms. The molecule has 2 rings (SSSR count). The number of benzene rings is 1. The largest absolute Gasteiger partial charge is 0.411 e. The summed E-state index contributed by atoms with van der Waals surface area (Å²) in [7, 11) is -3.56. The van der Waals surface area contributed by atoms with E-state index in [1.807, 2.05) is 6.92 Å². The predicted octanol–water partition coefficient (Wildman–Crippen LogP) is 2.96. The Morgan fingerprint density at radius 3 is 2.75 bits per heavy atom. The molecular weight excluding hydrogens is 368 g/mol. The van der Waals surface area contributed by atoms with Crippen molar-refractivity contribution in [1.82, 2.24) is 4.31 Å². The van der Waals surface area contributed by atoms with Gasteiger partial charge in [-0.3, -0.25) is 0 Å². The number of sulfonamides is 1. The molecule has 0 radical (unpaired) electrons. The summed E-state index contributed by atoms with van der Waals surface area (Å²) in [5.41, 5.74) is 0.633. The standard InChI is InChI=1S/C12H14BrClN2O3S/c1-8-7-16(5-4-12(8)15-17)20(18,19)9-2-3-11(14)10(13)6-9/h2-3,6,8,17H,4-5,7H2,1H3/b15-12+. The fourth-order valence-electron chi connectivity index (χ4n) is 2.14. The molecule has 1 fully saturated rings. The second-order valence-corrected chi connectivity index (χ2v) is 7.88. The number of piperidine rings is 1. The molecule has 8 heteroatoms. The van der Waals surface area contributed by atoms with Gasteiger partial charge in [0, 0.05) is 29.9 Å². The molecule has 5 nitrogen and oxygen atoms in total. The molecule has 1 aliphatic heterocycles. The van der Waals surface area contributed by atoms with Crippen LogP contribution in [0.15, 0.2) is 32.7 Å². The molecule has 20 heavy (non-hydrogen) atoms. The molecule has 0 aromatic heterocycles. The van der Waals surface area contributed by atoms with Gasteiger partial charge >= 0.3 is 0 Å². The van der Waals surface area contributed by atoms with E-state index in [0.717, 1.165) is 0 Å². The molecule has 1 aliphatic rings. The highest BCUT2D eigenvalue weighted by Crippen LogP contribution is 2.28. The Bertz CT molecular complexity index is 648. The topological polar surface area (TPSA) is 70.0 Å². The summed E-state index contributed by atoms with van der Waals surface area (Å²) in [4.78, 5) is 0.199. The van der Waals surface area contributed by atoms with E-state index < -0.39 is 10.0 Å². The van der Waals surface area contributed by atoms with Crippen LogP contribution in [-0.4, -0.2) is 36.7 Å². The van der Waals surface area contributed by atoms with Crippen molar-refractivity contribution < 1.29 is 13.6 Å². The third-order valence-corrected chi connectivity index (χ3v) is 6.40. The maximum atomic E-state index is 12.6. The Kier molecular flexibility index (Phi) is 4.73. The Labute approximate surface area is 131 Å². The van der Waals surface area contributed by atoms with Gasteiger partial charge in [-0.2, -0.15) is 4.31 Å². The van der Waals surface area contributed by atoms with Crippen LogP contribution in [-0.2, 0) is 10.0 Å². The zero-order valence-corrected chi connectivity index (χ0v) is 13.9. The minimum atomic E-state index is -3.56. The number of rotatable bonds is 2. The minimum absolute atomic E-state index is 0.0979. The molecule has 1 aromatic carbocycles. The third kappa shape index (κ3) is 3.00. The number of nitrogens with zero attached hydrogens (tertiary/aromatic N) is 2. The van der Waals surface area contributed by atoms with Gasteiger partial charge in [-0.05, 0) is 34.1 Å². The molecule has 0 bridgehead atoms. The number of hydrogen-bond donors (Lipinski definition) is 1. The van der Waals surface area contributed by atoms with Crippen molar-refractivity contribution in [3.05, 3.63) is 27.7 Å². The first-order valence-electron chi connectivity index (χ1n) is 6.02. The molecule has 0 saturated carbocycles. The highest BCUT2D eigenvalue weighted by Gasteiger charge is 2.31. The molecule has 1 saturated heterocycles. The third-order valence-electron chi connectivity index (χ3n) is 3.32. The molecular formula is C12H14BrClN2O3S. The van der Waals surface area contributed by atoms with Gasteiger partial charge in [0.05, 0.1) is 15.6 Å². The summed E-state index contributed by atoms with van der Waals surface area (Å²) >= 11 is 9.11. The van der Waals surface area contributed by atoms with Gasteiger partial charge in [-0.1, -0.05) is 23.7 Å². The van der Waals surface area contributed by atoms with E-state index in [1.165, 1.54) is 16.4 Å². The first-order chi connectivity index (χ1) is 9.36. The molecule has 1 atom stereocenters. The second kappa shape index (κ2) is 6.01. The van der Waals surface area contributed by atoms with Gasteiger partial charge in [0.2, 0.25) is 10.0 Å². The van der Waals surface area contributed by atoms with Gasteiger partial charge in [-0.15, -0.1) is 0 Å². The lowest BCUT2D eigenvalue weighted by molar-refractivity contribution is 0.300. The van der Waals surface area contributed by atoms with Crippen LogP contribution < -0.4 is 0 Å². The fourth-order valence-corrected chi connectivity index (χ4v) is 4.35. The normalized spacial score (nSPS) is 23.1. The average molecular weight is 382 g/mol. The van der Waals surface area contributed by atoms with Crippen molar-refractivity contribution in [2.75, 3.05) is 13.1 Å². The highest BCUT2D eigenvalue weighted by molar-refractivity contribution is 9.10. The van der Waals surface area contributed by atoms with Gasteiger partial charge < -0.3 is 5.21 Å². The smallest absolute Gasteiger partial charge is 0.243 e. The van der Waals surface area contributed by atoms with E-state index in [2.05, 4.69) is 21.1 Å². The highest BCUT2D eigenvalue weighted by atomic mass is 79.9. The zero-order chi connectivity index (χ0) is 14.9. The van der Waals surface area contributed by atoms with E-state index in [4.69, 9.17) is 16.8 Å². The molecule has 0 aliphatic carbocycles. The van der Waals surface area contributed by atoms with E-state index in [1.54, 1.807) is 6.07 Å². The van der Waals surface area contributed by atoms with Crippen LogP contribution in [0.3, 0.4) is 0 Å². The summed E-state index contributed by atoms with van der Waals surface area (Å²) < 4.78 is 27.1. The van der Waals surface area contributed by atoms with Crippen LogP contribution in [0.4, 0.5) is 0 Å². The average Bonchev–Trinajstić information content (AvgIpc) is 2.41. The Balaban J connectivity index is 2.29. The molecule has 1 N–H and O–H groups in total. The van der Waals surface area contributed by atoms with Gasteiger partial charge in [0.15, 0.2) is 0 Å². The lowest BCUT2D eigenvalue weighted by atomic mass is 10.00. The zero-order valence-electron chi connectivity index (χ0n) is 10.8. The van der Waals surface area contributed by atoms with Crippen LogP contribution >= 0.6 is 27.5 Å². The summed E-state index contributed by atoms with van der Waals surface area (Å²) in [6.07, 6.45) is 0.436. The molecule has 1 aromatic rings. The first kappa shape index (κ1) is 15.8. The maximum Gasteiger partial charge on any atom is 0.243 e. The lowest BCUT2D eigenvalue weighted by Gasteiger charge is -2.30. The summed E-state index contributed by atoms with van der Waals surface area (Å²) in [6.45, 7) is 2.46. The van der Waals surface area contributed by atoms with Crippen molar-refractivity contribution >= 4 is 43.3 Å². The molecule has 1 heterocycles. The van der Waals surface area contributed by atoms with Crippen LogP contribution in [0, 0.1) is 5.92 Å². The van der Waals surface area contributed by atoms with E-state index >= 15 is 0 Å². The van der Waals surface area contributed by atoms with Crippen molar-refractivity contribution in [2.45, 2.75) is 18.2 Å². The predicted molar refractivity (Wildman–Crippen MR) is 80.9 cm³/mol. The van der Waals surface area contributed by atoms with Crippen LogP contribution in [0.25, 0.3) is 0 Å². The number of oxime groups is 1. The second-order valence-electron chi connectivity index (χ2n) is 4.68. The quantitative estimate of drug-likeness (QED) is 0.632.